The van der Waals surface area contributed by atoms with Gasteiger partial charge in [0, 0.05) is 37.2 Å². The Hall–Kier alpha value is -3.23. The topological polar surface area (TPSA) is 59.1 Å². The van der Waals surface area contributed by atoms with Crippen molar-refractivity contribution in [2.45, 2.75) is 25.8 Å². The maximum absolute atomic E-state index is 13.8. The molecule has 1 atom stereocenters. The van der Waals surface area contributed by atoms with Crippen molar-refractivity contribution in [2.24, 2.45) is 0 Å². The van der Waals surface area contributed by atoms with E-state index in [0.29, 0.717) is 32.7 Å². The second-order valence-electron chi connectivity index (χ2n) is 8.86. The van der Waals surface area contributed by atoms with Crippen LogP contribution in [0.3, 0.4) is 0 Å². The number of ether oxygens (including phenoxy) is 2. The molecule has 0 saturated carbocycles. The van der Waals surface area contributed by atoms with Crippen molar-refractivity contribution in [1.29, 1.82) is 0 Å². The molecule has 4 rings (SSSR count). The number of thiophene rings is 1. The molecule has 6 nitrogen and oxygen atoms in total. The number of nitrogens with zero attached hydrogens (tertiary/aromatic N) is 2. The van der Waals surface area contributed by atoms with Crippen LogP contribution < -0.4 is 4.74 Å². The van der Waals surface area contributed by atoms with Crippen molar-refractivity contribution in [1.82, 2.24) is 9.80 Å². The maximum atomic E-state index is 13.8. The van der Waals surface area contributed by atoms with Gasteiger partial charge in [-0.2, -0.15) is 0 Å². The fraction of sp³-hybridized carbons (Fsp3) is 0.357. The Morgan fingerprint density at radius 1 is 1.17 bits per heavy atom. The molecule has 1 aromatic heterocycles. The minimum atomic E-state index is -0.488. The van der Waals surface area contributed by atoms with Crippen LogP contribution in [0.1, 0.15) is 38.8 Å². The number of halogens is 1. The highest BCUT2D eigenvalue weighted by molar-refractivity contribution is 7.10. The van der Waals surface area contributed by atoms with Crippen molar-refractivity contribution in [3.8, 4) is 5.75 Å². The Balaban J connectivity index is 1.52. The highest BCUT2D eigenvalue weighted by Gasteiger charge is 2.33. The van der Waals surface area contributed by atoms with E-state index in [-0.39, 0.29) is 30.0 Å². The molecule has 1 aliphatic heterocycles. The summed E-state index contributed by atoms with van der Waals surface area (Å²) in [6.07, 6.45) is 1.33. The fourth-order valence-corrected chi connectivity index (χ4v) is 5.32. The molecule has 0 spiro atoms. The van der Waals surface area contributed by atoms with E-state index in [4.69, 9.17) is 9.47 Å². The second-order valence-corrected chi connectivity index (χ2v) is 9.86. The summed E-state index contributed by atoms with van der Waals surface area (Å²) in [4.78, 5) is 31.4. The number of carbonyl (C=O) groups excluding carboxylic acids is 2. The van der Waals surface area contributed by atoms with Gasteiger partial charge < -0.3 is 19.3 Å². The van der Waals surface area contributed by atoms with Crippen molar-refractivity contribution in [3.05, 3.63) is 87.4 Å². The van der Waals surface area contributed by atoms with Crippen molar-refractivity contribution >= 4 is 23.2 Å². The Morgan fingerprint density at radius 3 is 2.72 bits per heavy atom. The number of aryl methyl sites for hydroxylation is 1. The third kappa shape index (κ3) is 6.30. The Kier molecular flexibility index (Phi) is 8.72. The first-order valence-electron chi connectivity index (χ1n) is 12.0. The molecule has 0 aliphatic carbocycles. The zero-order valence-corrected chi connectivity index (χ0v) is 21.4. The van der Waals surface area contributed by atoms with Crippen LogP contribution in [0.2, 0.25) is 0 Å². The molecule has 8 heteroatoms. The lowest BCUT2D eigenvalue weighted by Crippen LogP contribution is -2.48. The zero-order chi connectivity index (χ0) is 25.5. The van der Waals surface area contributed by atoms with Crippen molar-refractivity contribution in [3.63, 3.8) is 0 Å². The molecule has 2 aromatic carbocycles. The highest BCUT2D eigenvalue weighted by atomic mass is 32.1. The lowest BCUT2D eigenvalue weighted by atomic mass is 10.0. The first-order valence-corrected chi connectivity index (χ1v) is 12.9. The van der Waals surface area contributed by atoms with Crippen LogP contribution in [-0.4, -0.2) is 61.6 Å². The van der Waals surface area contributed by atoms with Gasteiger partial charge in [0.05, 0.1) is 6.04 Å². The van der Waals surface area contributed by atoms with Crippen LogP contribution in [0.5, 0.6) is 5.75 Å². The van der Waals surface area contributed by atoms with Crippen LogP contribution >= 0.6 is 11.3 Å². The Bertz CT molecular complexity index is 1180. The normalized spacial score (nSPS) is 14.9. The quantitative estimate of drug-likeness (QED) is 0.365. The van der Waals surface area contributed by atoms with Crippen LogP contribution in [0, 0.1) is 12.7 Å². The van der Waals surface area contributed by atoms with Gasteiger partial charge in [-0.1, -0.05) is 23.8 Å². The molecular formula is C28H31FN2O4S. The van der Waals surface area contributed by atoms with E-state index in [1.807, 2.05) is 41.5 Å². The smallest absolute Gasteiger partial charge is 0.254 e. The van der Waals surface area contributed by atoms with Crippen LogP contribution in [-0.2, 0) is 16.0 Å². The molecule has 0 bridgehead atoms. The number of carbonyl (C=O) groups is 2. The van der Waals surface area contributed by atoms with Crippen LogP contribution in [0.25, 0.3) is 0 Å². The van der Waals surface area contributed by atoms with Gasteiger partial charge in [-0.15, -0.1) is 11.3 Å². The number of benzene rings is 2. The minimum Gasteiger partial charge on any atom is -0.491 e. The van der Waals surface area contributed by atoms with E-state index < -0.39 is 5.82 Å². The molecule has 2 amide bonds. The third-order valence-corrected chi connectivity index (χ3v) is 7.30. The summed E-state index contributed by atoms with van der Waals surface area (Å²) in [5.41, 5.74) is 2.46. The Morgan fingerprint density at radius 2 is 1.97 bits per heavy atom. The average Bonchev–Trinajstić information content (AvgIpc) is 3.36. The lowest BCUT2D eigenvalue weighted by Gasteiger charge is -2.37. The van der Waals surface area contributed by atoms with Gasteiger partial charge in [-0.3, -0.25) is 9.59 Å². The second kappa shape index (κ2) is 12.1. The van der Waals surface area contributed by atoms with Gasteiger partial charge in [0.2, 0.25) is 5.91 Å². The molecule has 190 valence electrons. The summed E-state index contributed by atoms with van der Waals surface area (Å²) < 4.78 is 25.0. The van der Waals surface area contributed by atoms with E-state index in [1.165, 1.54) is 28.0 Å². The average molecular weight is 511 g/mol. The van der Waals surface area contributed by atoms with Crippen LogP contribution in [0.15, 0.2) is 60.0 Å². The molecule has 1 unspecified atom stereocenters. The molecule has 2 heterocycles. The molecule has 36 heavy (non-hydrogen) atoms. The van der Waals surface area contributed by atoms with Gasteiger partial charge in [0.1, 0.15) is 24.7 Å². The highest BCUT2D eigenvalue weighted by Crippen LogP contribution is 2.34. The maximum Gasteiger partial charge on any atom is 0.254 e. The summed E-state index contributed by atoms with van der Waals surface area (Å²) in [6, 6.07) is 15.2. The predicted octanol–water partition coefficient (Wildman–Crippen LogP) is 4.88. The number of hydrogen-bond acceptors (Lipinski definition) is 5. The number of rotatable bonds is 10. The van der Waals surface area contributed by atoms with E-state index in [2.05, 4.69) is 6.07 Å². The molecule has 1 aliphatic rings. The first kappa shape index (κ1) is 25.9. The third-order valence-electron chi connectivity index (χ3n) is 6.31. The largest absolute Gasteiger partial charge is 0.491 e. The monoisotopic (exact) mass is 510 g/mol. The fourth-order valence-electron chi connectivity index (χ4n) is 4.39. The SMILES string of the molecule is COCCCN(CC(=O)N1CCc2sccc2C1COc1ccc(C)cc1)C(=O)c1cccc(F)c1. The van der Waals surface area contributed by atoms with E-state index in [9.17, 15) is 14.0 Å². The predicted molar refractivity (Wildman–Crippen MR) is 138 cm³/mol. The number of amides is 2. The van der Waals surface area contributed by atoms with Crippen molar-refractivity contribution in [2.75, 3.05) is 40.0 Å². The zero-order valence-electron chi connectivity index (χ0n) is 20.6. The summed E-state index contributed by atoms with van der Waals surface area (Å²) >= 11 is 1.69. The van der Waals surface area contributed by atoms with E-state index in [0.717, 1.165) is 23.3 Å². The van der Waals surface area contributed by atoms with Gasteiger partial charge in [-0.25, -0.2) is 4.39 Å². The number of methoxy groups -OCH3 is 1. The number of hydrogen-bond donors (Lipinski definition) is 0. The minimum absolute atomic E-state index is 0.0977. The molecular weight excluding hydrogens is 479 g/mol. The summed E-state index contributed by atoms with van der Waals surface area (Å²) in [5.74, 6) is -0.276. The molecule has 0 saturated heterocycles. The van der Waals surface area contributed by atoms with Gasteiger partial charge in [0.25, 0.3) is 5.91 Å². The van der Waals surface area contributed by atoms with Gasteiger partial charge >= 0.3 is 0 Å². The lowest BCUT2D eigenvalue weighted by molar-refractivity contribution is -0.135. The Labute approximate surface area is 215 Å². The standard InChI is InChI=1S/C28H31FN2O4S/c1-20-7-9-23(10-8-20)35-19-25-24-12-16-36-26(24)11-14-31(25)27(32)18-30(13-4-15-34-2)28(33)21-5-3-6-22(29)17-21/h3,5-10,12,16-17,25H,4,11,13-15,18-19H2,1-2H3. The van der Waals surface area contributed by atoms with Crippen molar-refractivity contribution < 1.29 is 23.5 Å². The number of fused-ring (bicyclic) bond motifs is 1. The summed E-state index contributed by atoms with van der Waals surface area (Å²) in [7, 11) is 1.59. The first-order chi connectivity index (χ1) is 17.5. The molecule has 0 fully saturated rings. The van der Waals surface area contributed by atoms with Gasteiger partial charge in [-0.05, 0) is 67.1 Å². The summed E-state index contributed by atoms with van der Waals surface area (Å²) in [6.45, 7) is 3.58. The molecule has 0 radical (unpaired) electrons. The van der Waals surface area contributed by atoms with E-state index >= 15 is 0 Å². The molecule has 0 N–H and O–H groups in total. The molecule has 3 aromatic rings. The van der Waals surface area contributed by atoms with Gasteiger partial charge in [0.15, 0.2) is 0 Å². The summed E-state index contributed by atoms with van der Waals surface area (Å²) in [5, 5.41) is 2.04. The van der Waals surface area contributed by atoms with Crippen LogP contribution in [0.4, 0.5) is 4.39 Å². The van der Waals surface area contributed by atoms with E-state index in [1.54, 1.807) is 24.5 Å².